The zero-order valence-corrected chi connectivity index (χ0v) is 16.1. The Morgan fingerprint density at radius 1 is 0.667 bits per heavy atom. The maximum atomic E-state index is 4.38. The molecule has 0 saturated heterocycles. The van der Waals surface area contributed by atoms with Gasteiger partial charge in [0, 0.05) is 0 Å². The van der Waals surface area contributed by atoms with E-state index in [2.05, 4.69) is 104 Å². The summed E-state index contributed by atoms with van der Waals surface area (Å²) in [5, 5.41) is 1.09. The quantitative estimate of drug-likeness (QED) is 0.449. The van der Waals surface area contributed by atoms with Crippen molar-refractivity contribution in [1.82, 2.24) is 0 Å². The van der Waals surface area contributed by atoms with Gasteiger partial charge in [-0.05, 0) is 0 Å². The van der Waals surface area contributed by atoms with Gasteiger partial charge >= 0.3 is 148 Å². The monoisotopic (exact) mass is 375 g/mol. The minimum absolute atomic E-state index is 1.04. The zero-order valence-electron chi connectivity index (χ0n) is 14.2. The third-order valence-electron chi connectivity index (χ3n) is 4.55. The predicted octanol–water partition coefficient (Wildman–Crippen LogP) is 4.12. The number of rotatable bonds is 6. The van der Waals surface area contributed by atoms with E-state index in [0.717, 1.165) is 11.6 Å². The molecule has 0 aromatic heterocycles. The van der Waals surface area contributed by atoms with Gasteiger partial charge in [-0.3, -0.25) is 0 Å². The van der Waals surface area contributed by atoms with Crippen LogP contribution in [-0.2, 0) is 0 Å². The first-order valence-corrected chi connectivity index (χ1v) is 12.6. The Balaban J connectivity index is 2.30. The summed E-state index contributed by atoms with van der Waals surface area (Å²) in [5.74, 6) is 0. The molecule has 0 atom stereocenters. The second-order valence-electron chi connectivity index (χ2n) is 6.08. The Labute approximate surface area is 148 Å². The molecule has 24 heavy (non-hydrogen) atoms. The van der Waals surface area contributed by atoms with Crippen LogP contribution >= 0.6 is 0 Å². The summed E-state index contributed by atoms with van der Waals surface area (Å²) in [5.41, 5.74) is 1.35. The molecule has 0 bridgehead atoms. The van der Waals surface area contributed by atoms with Crippen LogP contribution in [0.25, 0.3) is 0 Å². The molecule has 3 aromatic carbocycles. The van der Waals surface area contributed by atoms with Crippen molar-refractivity contribution in [3.05, 3.63) is 103 Å². The van der Waals surface area contributed by atoms with Gasteiger partial charge in [-0.2, -0.15) is 0 Å². The van der Waals surface area contributed by atoms with Crippen LogP contribution < -0.4 is 13.1 Å². The number of hydrogen-bond donors (Lipinski definition) is 0. The summed E-state index contributed by atoms with van der Waals surface area (Å²) in [7, 11) is 0. The Hall–Kier alpha value is -2.04. The predicted molar refractivity (Wildman–Crippen MR) is 108 cm³/mol. The molecule has 0 spiro atoms. The molecule has 3 aromatic rings. The summed E-state index contributed by atoms with van der Waals surface area (Å²) in [6.07, 6.45) is 1.04. The number of allylic oxidation sites excluding steroid dienone is 1. The van der Waals surface area contributed by atoms with Crippen LogP contribution in [0.2, 0.25) is 5.21 Å². The fraction of sp³-hybridized carbons (Fsp3) is 0.130. The second-order valence-corrected chi connectivity index (χ2v) is 13.4. The SMILES string of the molecule is C=C(CC)C[As+](c1ccccc1)(c1ccccc1)c1ccccc1. The third-order valence-corrected chi connectivity index (χ3v) is 13.9. The summed E-state index contributed by atoms with van der Waals surface area (Å²) in [4.78, 5) is 0. The van der Waals surface area contributed by atoms with Crippen LogP contribution in [0.3, 0.4) is 0 Å². The van der Waals surface area contributed by atoms with Crippen LogP contribution in [0.15, 0.2) is 103 Å². The average molecular weight is 375 g/mol. The van der Waals surface area contributed by atoms with Crippen LogP contribution in [0.1, 0.15) is 13.3 Å². The molecular weight excluding hydrogens is 351 g/mol. The minimum atomic E-state index is -2.56. The fourth-order valence-electron chi connectivity index (χ4n) is 3.22. The zero-order chi connectivity index (χ0) is 16.8. The number of hydrogen-bond acceptors (Lipinski definition) is 0. The molecule has 0 saturated carbocycles. The van der Waals surface area contributed by atoms with Gasteiger partial charge < -0.3 is 0 Å². The van der Waals surface area contributed by atoms with E-state index in [4.69, 9.17) is 0 Å². The van der Waals surface area contributed by atoms with Crippen LogP contribution in [0, 0.1) is 0 Å². The van der Waals surface area contributed by atoms with Crippen molar-refractivity contribution in [1.29, 1.82) is 0 Å². The molecule has 0 heterocycles. The van der Waals surface area contributed by atoms with Gasteiger partial charge in [0.2, 0.25) is 0 Å². The van der Waals surface area contributed by atoms with E-state index in [-0.39, 0.29) is 0 Å². The van der Waals surface area contributed by atoms with E-state index >= 15 is 0 Å². The van der Waals surface area contributed by atoms with Gasteiger partial charge in [-0.1, -0.05) is 0 Å². The van der Waals surface area contributed by atoms with Gasteiger partial charge in [0.25, 0.3) is 0 Å². The first kappa shape index (κ1) is 16.8. The molecule has 3 rings (SSSR count). The third kappa shape index (κ3) is 3.25. The van der Waals surface area contributed by atoms with Crippen molar-refractivity contribution in [2.75, 3.05) is 0 Å². The van der Waals surface area contributed by atoms with E-state index in [1.165, 1.54) is 18.6 Å². The molecule has 120 valence electrons. The van der Waals surface area contributed by atoms with E-state index in [0.29, 0.717) is 0 Å². The van der Waals surface area contributed by atoms with Gasteiger partial charge in [0.15, 0.2) is 0 Å². The standard InChI is InChI=1S/C23H24As/c1-3-20(2)19-24(21-13-7-4-8-14-21,22-15-9-5-10-16-22)23-17-11-6-12-18-23/h4-18H,2-3,19H2,1H3/q+1. The van der Waals surface area contributed by atoms with Crippen molar-refractivity contribution in [3.8, 4) is 0 Å². The summed E-state index contributed by atoms with van der Waals surface area (Å²) < 4.78 is 4.47. The molecule has 0 amide bonds. The first-order chi connectivity index (χ1) is 11.8. The van der Waals surface area contributed by atoms with Gasteiger partial charge in [-0.15, -0.1) is 0 Å². The second kappa shape index (κ2) is 7.69. The van der Waals surface area contributed by atoms with Crippen molar-refractivity contribution in [2.45, 2.75) is 18.6 Å². The Morgan fingerprint density at radius 2 is 1.00 bits per heavy atom. The van der Waals surface area contributed by atoms with E-state index < -0.39 is 13.6 Å². The van der Waals surface area contributed by atoms with Crippen molar-refractivity contribution >= 4 is 26.6 Å². The molecule has 1 heteroatoms. The van der Waals surface area contributed by atoms with Crippen LogP contribution in [0.5, 0.6) is 0 Å². The molecule has 0 nitrogen and oxygen atoms in total. The van der Waals surface area contributed by atoms with Crippen molar-refractivity contribution < 1.29 is 0 Å². The fourth-order valence-corrected chi connectivity index (χ4v) is 12.4. The van der Waals surface area contributed by atoms with Crippen molar-refractivity contribution in [3.63, 3.8) is 0 Å². The van der Waals surface area contributed by atoms with Gasteiger partial charge in [-0.25, -0.2) is 0 Å². The van der Waals surface area contributed by atoms with Gasteiger partial charge in [0.05, 0.1) is 0 Å². The van der Waals surface area contributed by atoms with Crippen molar-refractivity contribution in [2.24, 2.45) is 0 Å². The molecule has 0 aliphatic heterocycles. The molecule has 0 aliphatic carbocycles. The molecule has 0 fully saturated rings. The molecule has 0 N–H and O–H groups in total. The van der Waals surface area contributed by atoms with Gasteiger partial charge in [0.1, 0.15) is 0 Å². The first-order valence-electron chi connectivity index (χ1n) is 8.49. The number of benzene rings is 3. The normalized spacial score (nSPS) is 11.2. The van der Waals surface area contributed by atoms with Crippen LogP contribution in [0.4, 0.5) is 0 Å². The maximum absolute atomic E-state index is 4.38. The average Bonchev–Trinajstić information content (AvgIpc) is 2.68. The Kier molecular flexibility index (Phi) is 5.38. The molecule has 0 aliphatic rings. The van der Waals surface area contributed by atoms with E-state index in [1.807, 2.05) is 0 Å². The van der Waals surface area contributed by atoms with E-state index in [1.54, 1.807) is 0 Å². The molecule has 0 radical (unpaired) electrons. The molecular formula is C23H24As+. The Bertz CT molecular complexity index is 679. The summed E-state index contributed by atoms with van der Waals surface area (Å²) in [6.45, 7) is 6.59. The molecule has 0 unspecified atom stereocenters. The summed E-state index contributed by atoms with van der Waals surface area (Å²) >= 11 is -2.56. The topological polar surface area (TPSA) is 0 Å². The van der Waals surface area contributed by atoms with E-state index in [9.17, 15) is 0 Å². The van der Waals surface area contributed by atoms with Crippen LogP contribution in [-0.4, -0.2) is 13.6 Å². The summed E-state index contributed by atoms with van der Waals surface area (Å²) in [6, 6.07) is 33.3. The Morgan fingerprint density at radius 3 is 1.29 bits per heavy atom.